The Balaban J connectivity index is 1.73. The van der Waals surface area contributed by atoms with Crippen molar-refractivity contribution in [3.8, 4) is 0 Å². The minimum Gasteiger partial charge on any atom is -0.326 e. The van der Waals surface area contributed by atoms with E-state index in [1.54, 1.807) is 30.7 Å². The van der Waals surface area contributed by atoms with Gasteiger partial charge in [0.05, 0.1) is 17.0 Å². The van der Waals surface area contributed by atoms with E-state index in [4.69, 9.17) is 0 Å². The van der Waals surface area contributed by atoms with E-state index in [1.807, 2.05) is 32.0 Å². The monoisotopic (exact) mass is 429 g/mol. The van der Waals surface area contributed by atoms with Gasteiger partial charge in [0.2, 0.25) is 15.9 Å². The molecule has 0 radical (unpaired) electrons. The van der Waals surface area contributed by atoms with Gasteiger partial charge in [-0.25, -0.2) is 13.1 Å². The van der Waals surface area contributed by atoms with Gasteiger partial charge in [-0.3, -0.25) is 4.79 Å². The number of nitrogens with one attached hydrogen (secondary N) is 1. The molecule has 1 heterocycles. The van der Waals surface area contributed by atoms with Crippen molar-refractivity contribution in [3.63, 3.8) is 0 Å². The molecule has 9 heteroatoms. The summed E-state index contributed by atoms with van der Waals surface area (Å²) in [5, 5.41) is 11.1. The Morgan fingerprint density at radius 2 is 1.83 bits per heavy atom. The molecule has 0 saturated carbocycles. The molecule has 1 aromatic heterocycles. The van der Waals surface area contributed by atoms with Crippen LogP contribution in [0.4, 0.5) is 5.69 Å². The first-order valence-corrected chi connectivity index (χ1v) is 11.4. The predicted molar refractivity (Wildman–Crippen MR) is 117 cm³/mol. The summed E-state index contributed by atoms with van der Waals surface area (Å²) in [7, 11) is -3.56. The van der Waals surface area contributed by atoms with E-state index in [2.05, 4.69) is 15.6 Å². The first kappa shape index (κ1) is 21.9. The summed E-state index contributed by atoms with van der Waals surface area (Å²) in [4.78, 5) is 12.6. The minimum absolute atomic E-state index is 0.118. The van der Waals surface area contributed by atoms with Gasteiger partial charge in [-0.15, -0.1) is 5.10 Å². The molecule has 0 unspecified atom stereocenters. The molecule has 0 aliphatic heterocycles. The van der Waals surface area contributed by atoms with E-state index in [1.165, 1.54) is 10.4 Å². The van der Waals surface area contributed by atoms with Gasteiger partial charge in [-0.1, -0.05) is 31.2 Å². The van der Waals surface area contributed by atoms with Crippen molar-refractivity contribution in [2.45, 2.75) is 45.6 Å². The standard InChI is InChI=1S/C21H27N5O3S/c1-5-25(6-2)30(28,29)17-9-10-20-19(14-17)23-24-26(20)12-11-21(27)22-18-13-15(3)7-8-16(18)4/h7-10,13-14H,5-6,11-12H2,1-4H3,(H,22,27). The Kier molecular flexibility index (Phi) is 6.52. The van der Waals surface area contributed by atoms with Crippen LogP contribution in [0.1, 0.15) is 31.4 Å². The van der Waals surface area contributed by atoms with Crippen LogP contribution in [0, 0.1) is 13.8 Å². The molecule has 0 spiro atoms. The Morgan fingerprint density at radius 1 is 1.10 bits per heavy atom. The number of aryl methyl sites for hydroxylation is 3. The molecule has 0 bridgehead atoms. The zero-order chi connectivity index (χ0) is 21.9. The van der Waals surface area contributed by atoms with E-state index in [0.717, 1.165) is 16.8 Å². The first-order valence-electron chi connectivity index (χ1n) is 9.96. The van der Waals surface area contributed by atoms with E-state index in [0.29, 0.717) is 30.7 Å². The Labute approximate surface area is 176 Å². The van der Waals surface area contributed by atoms with E-state index in [-0.39, 0.29) is 17.2 Å². The quantitative estimate of drug-likeness (QED) is 0.593. The zero-order valence-electron chi connectivity index (χ0n) is 17.7. The van der Waals surface area contributed by atoms with Crippen LogP contribution in [0.5, 0.6) is 0 Å². The fourth-order valence-electron chi connectivity index (χ4n) is 3.28. The van der Waals surface area contributed by atoms with Crippen LogP contribution in [0.2, 0.25) is 0 Å². The lowest BCUT2D eigenvalue weighted by atomic mass is 10.1. The topological polar surface area (TPSA) is 97.2 Å². The van der Waals surface area contributed by atoms with Crippen LogP contribution in [-0.2, 0) is 21.4 Å². The molecule has 1 N–H and O–H groups in total. The van der Waals surface area contributed by atoms with Gasteiger partial charge in [0.1, 0.15) is 5.52 Å². The number of hydrogen-bond acceptors (Lipinski definition) is 5. The van der Waals surface area contributed by atoms with E-state index in [9.17, 15) is 13.2 Å². The normalized spacial score (nSPS) is 11.9. The molecule has 1 amide bonds. The number of nitrogens with zero attached hydrogens (tertiary/aromatic N) is 4. The van der Waals surface area contributed by atoms with Gasteiger partial charge in [-0.2, -0.15) is 4.31 Å². The third-order valence-corrected chi connectivity index (χ3v) is 7.09. The van der Waals surface area contributed by atoms with Gasteiger partial charge in [0.25, 0.3) is 0 Å². The SMILES string of the molecule is CCN(CC)S(=O)(=O)c1ccc2c(c1)nnn2CCC(=O)Nc1cc(C)ccc1C. The van der Waals surface area contributed by atoms with Crippen LogP contribution in [0.3, 0.4) is 0 Å². The van der Waals surface area contributed by atoms with Crippen molar-refractivity contribution in [1.82, 2.24) is 19.3 Å². The predicted octanol–water partition coefficient (Wildman–Crippen LogP) is 3.11. The summed E-state index contributed by atoms with van der Waals surface area (Å²) in [5.41, 5.74) is 4.05. The third kappa shape index (κ3) is 4.52. The summed E-state index contributed by atoms with van der Waals surface area (Å²) < 4.78 is 28.4. The lowest BCUT2D eigenvalue weighted by Gasteiger charge is -2.18. The second-order valence-corrected chi connectivity index (χ2v) is 9.11. The number of carbonyl (C=O) groups is 1. The van der Waals surface area contributed by atoms with Crippen molar-refractivity contribution in [2.24, 2.45) is 0 Å². The van der Waals surface area contributed by atoms with Gasteiger partial charge in [0, 0.05) is 25.2 Å². The van der Waals surface area contributed by atoms with Crippen LogP contribution in [0.25, 0.3) is 11.0 Å². The zero-order valence-corrected chi connectivity index (χ0v) is 18.5. The van der Waals surface area contributed by atoms with Gasteiger partial charge in [0.15, 0.2) is 0 Å². The third-order valence-electron chi connectivity index (χ3n) is 5.05. The molecule has 3 rings (SSSR count). The van der Waals surface area contributed by atoms with Crippen molar-refractivity contribution in [3.05, 3.63) is 47.5 Å². The Bertz CT molecular complexity index is 1170. The molecule has 0 fully saturated rings. The highest BCUT2D eigenvalue weighted by atomic mass is 32.2. The highest BCUT2D eigenvalue weighted by molar-refractivity contribution is 7.89. The van der Waals surface area contributed by atoms with Crippen LogP contribution >= 0.6 is 0 Å². The molecular formula is C21H27N5O3S. The van der Waals surface area contributed by atoms with E-state index >= 15 is 0 Å². The summed E-state index contributed by atoms with van der Waals surface area (Å²) in [5.74, 6) is -0.118. The number of rotatable bonds is 8. The molecule has 0 saturated heterocycles. The second-order valence-electron chi connectivity index (χ2n) is 7.17. The molecule has 30 heavy (non-hydrogen) atoms. The highest BCUT2D eigenvalue weighted by Gasteiger charge is 2.22. The van der Waals surface area contributed by atoms with Crippen molar-refractivity contribution >= 4 is 32.7 Å². The summed E-state index contributed by atoms with van der Waals surface area (Å²) >= 11 is 0. The molecule has 0 atom stereocenters. The fourth-order valence-corrected chi connectivity index (χ4v) is 4.76. The summed E-state index contributed by atoms with van der Waals surface area (Å²) in [6.45, 7) is 8.68. The largest absolute Gasteiger partial charge is 0.326 e. The lowest BCUT2D eigenvalue weighted by Crippen LogP contribution is -2.30. The molecular weight excluding hydrogens is 402 g/mol. The van der Waals surface area contributed by atoms with Crippen LogP contribution in [-0.4, -0.2) is 46.7 Å². The average Bonchev–Trinajstić information content (AvgIpc) is 3.12. The van der Waals surface area contributed by atoms with Gasteiger partial charge in [-0.05, 0) is 49.2 Å². The smallest absolute Gasteiger partial charge is 0.243 e. The number of benzene rings is 2. The number of amides is 1. The molecule has 2 aromatic carbocycles. The molecule has 160 valence electrons. The molecule has 3 aromatic rings. The lowest BCUT2D eigenvalue weighted by molar-refractivity contribution is -0.116. The maximum absolute atomic E-state index is 12.7. The Morgan fingerprint density at radius 3 is 2.53 bits per heavy atom. The van der Waals surface area contributed by atoms with Crippen molar-refractivity contribution < 1.29 is 13.2 Å². The maximum atomic E-state index is 12.7. The maximum Gasteiger partial charge on any atom is 0.243 e. The van der Waals surface area contributed by atoms with Crippen molar-refractivity contribution in [2.75, 3.05) is 18.4 Å². The van der Waals surface area contributed by atoms with E-state index < -0.39 is 10.0 Å². The summed E-state index contributed by atoms with van der Waals surface area (Å²) in [6, 6.07) is 10.7. The number of hydrogen-bond donors (Lipinski definition) is 1. The average molecular weight is 430 g/mol. The fraction of sp³-hybridized carbons (Fsp3) is 0.381. The second kappa shape index (κ2) is 8.93. The minimum atomic E-state index is -3.56. The molecule has 0 aliphatic rings. The van der Waals surface area contributed by atoms with Gasteiger partial charge >= 0.3 is 0 Å². The van der Waals surface area contributed by atoms with Crippen LogP contribution < -0.4 is 5.32 Å². The first-order chi connectivity index (χ1) is 14.3. The number of anilines is 1. The van der Waals surface area contributed by atoms with Crippen molar-refractivity contribution in [1.29, 1.82) is 0 Å². The highest BCUT2D eigenvalue weighted by Crippen LogP contribution is 2.21. The van der Waals surface area contributed by atoms with Gasteiger partial charge < -0.3 is 5.32 Å². The summed E-state index contributed by atoms with van der Waals surface area (Å²) in [6.07, 6.45) is 0.228. The molecule has 8 nitrogen and oxygen atoms in total. The Hall–Kier alpha value is -2.78. The van der Waals surface area contributed by atoms with Crippen LogP contribution in [0.15, 0.2) is 41.3 Å². The molecule has 0 aliphatic carbocycles. The number of carbonyl (C=O) groups excluding carboxylic acids is 1. The number of fused-ring (bicyclic) bond motifs is 1. The number of aromatic nitrogens is 3. The number of sulfonamides is 1.